The van der Waals surface area contributed by atoms with Gasteiger partial charge in [-0.05, 0) is 43.0 Å². The maximum Gasteiger partial charge on any atom is 0.417 e. The Morgan fingerprint density at radius 3 is 2.59 bits per heavy atom. The van der Waals surface area contributed by atoms with Crippen molar-refractivity contribution in [1.82, 2.24) is 20.1 Å². The molecule has 2 aromatic heterocycles. The molecule has 2 bridgehead atoms. The minimum Gasteiger partial charge on any atom is -0.374 e. The van der Waals surface area contributed by atoms with Gasteiger partial charge in [-0.15, -0.1) is 0 Å². The molecule has 0 spiro atoms. The molecule has 6 nitrogen and oxygen atoms in total. The van der Waals surface area contributed by atoms with Crippen molar-refractivity contribution in [2.75, 3.05) is 11.9 Å². The molecule has 2 N–H and O–H groups in total. The number of fused-ring (bicyclic) bond motifs is 2. The van der Waals surface area contributed by atoms with Gasteiger partial charge in [0.1, 0.15) is 12.0 Å². The molecule has 2 fully saturated rings. The summed E-state index contributed by atoms with van der Waals surface area (Å²) in [6.07, 6.45) is -0.971. The minimum absolute atomic E-state index is 0.00341. The van der Waals surface area contributed by atoms with Crippen LogP contribution in [0.2, 0.25) is 0 Å². The number of aliphatic hydroxyl groups is 1. The molecule has 3 heterocycles. The summed E-state index contributed by atoms with van der Waals surface area (Å²) in [5.74, 6) is 0.815. The molecule has 1 saturated carbocycles. The van der Waals surface area contributed by atoms with Crippen molar-refractivity contribution >= 4 is 5.82 Å². The van der Waals surface area contributed by atoms with Gasteiger partial charge in [0.15, 0.2) is 0 Å². The fourth-order valence-electron chi connectivity index (χ4n) is 4.92. The van der Waals surface area contributed by atoms with Crippen molar-refractivity contribution in [3.63, 3.8) is 0 Å². The van der Waals surface area contributed by atoms with Crippen LogP contribution in [0, 0.1) is 5.92 Å². The Morgan fingerprint density at radius 1 is 1.06 bits per heavy atom. The van der Waals surface area contributed by atoms with Crippen molar-refractivity contribution in [2.45, 2.75) is 37.3 Å². The van der Waals surface area contributed by atoms with Crippen molar-refractivity contribution in [3.8, 4) is 11.3 Å². The third-order valence-corrected chi connectivity index (χ3v) is 6.35. The summed E-state index contributed by atoms with van der Waals surface area (Å²) in [6, 6.07) is 13.7. The maximum atomic E-state index is 12.8. The first-order valence-electron chi connectivity index (χ1n) is 10.5. The van der Waals surface area contributed by atoms with E-state index >= 15 is 0 Å². The lowest BCUT2D eigenvalue weighted by Crippen LogP contribution is -2.46. The Hall–Kier alpha value is -3.04. The molecule has 4 unspecified atom stereocenters. The number of alkyl halides is 3. The smallest absolute Gasteiger partial charge is 0.374 e. The van der Waals surface area contributed by atoms with Gasteiger partial charge in [0.05, 0.1) is 11.3 Å². The van der Waals surface area contributed by atoms with E-state index < -0.39 is 18.0 Å². The predicted octanol–water partition coefficient (Wildman–Crippen LogP) is 4.12. The Morgan fingerprint density at radius 2 is 1.91 bits per heavy atom. The summed E-state index contributed by atoms with van der Waals surface area (Å²) >= 11 is 0. The van der Waals surface area contributed by atoms with E-state index in [2.05, 4.69) is 25.4 Å². The van der Waals surface area contributed by atoms with E-state index in [4.69, 9.17) is 0 Å². The first kappa shape index (κ1) is 20.8. The van der Waals surface area contributed by atoms with E-state index in [0.717, 1.165) is 42.8 Å². The monoisotopic (exact) mass is 441 g/mol. The van der Waals surface area contributed by atoms with Crippen LogP contribution >= 0.6 is 0 Å². The number of pyridine rings is 1. The van der Waals surface area contributed by atoms with Crippen molar-refractivity contribution in [3.05, 3.63) is 72.1 Å². The number of nitrogens with zero attached hydrogens (tertiary/aromatic N) is 4. The van der Waals surface area contributed by atoms with Gasteiger partial charge in [-0.1, -0.05) is 24.3 Å². The number of hydrogen-bond acceptors (Lipinski definition) is 6. The summed E-state index contributed by atoms with van der Waals surface area (Å²) < 4.78 is 38.4. The minimum atomic E-state index is -4.41. The maximum absolute atomic E-state index is 12.8. The highest BCUT2D eigenvalue weighted by molar-refractivity contribution is 5.63. The quantitative estimate of drug-likeness (QED) is 0.621. The molecular formula is C23H22F3N5O. The highest BCUT2D eigenvalue weighted by Crippen LogP contribution is 2.43. The van der Waals surface area contributed by atoms with Gasteiger partial charge in [-0.2, -0.15) is 23.4 Å². The molecular weight excluding hydrogens is 419 g/mol. The number of hydrogen-bond donors (Lipinski definition) is 2. The number of aliphatic hydroxyl groups excluding tert-OH is 1. The normalized spacial score (nSPS) is 23.9. The average molecular weight is 441 g/mol. The van der Waals surface area contributed by atoms with Crippen LogP contribution in [0.5, 0.6) is 0 Å². The SMILES string of the molecule is OC(c1ccccc1-c1cccnn1)N1CC2CC(Nc3ccc(C(F)(F)F)cn3)C1C2. The van der Waals surface area contributed by atoms with E-state index in [9.17, 15) is 18.3 Å². The molecule has 4 atom stereocenters. The molecule has 0 amide bonds. The largest absolute Gasteiger partial charge is 0.417 e. The molecule has 1 aliphatic heterocycles. The molecule has 1 aromatic carbocycles. The van der Waals surface area contributed by atoms with Crippen LogP contribution < -0.4 is 5.32 Å². The summed E-state index contributed by atoms with van der Waals surface area (Å²) in [5.41, 5.74) is 1.50. The number of benzene rings is 1. The van der Waals surface area contributed by atoms with E-state index in [-0.39, 0.29) is 12.1 Å². The third-order valence-electron chi connectivity index (χ3n) is 6.35. The fraction of sp³-hybridized carbons (Fsp3) is 0.348. The van der Waals surface area contributed by atoms with Crippen LogP contribution in [-0.2, 0) is 6.18 Å². The Balaban J connectivity index is 1.35. The van der Waals surface area contributed by atoms with E-state index in [1.807, 2.05) is 30.3 Å². The molecule has 1 aliphatic carbocycles. The molecule has 32 heavy (non-hydrogen) atoms. The first-order chi connectivity index (χ1) is 15.4. The number of anilines is 1. The second-order valence-electron chi connectivity index (χ2n) is 8.35. The van der Waals surface area contributed by atoms with Gasteiger partial charge in [-0.3, -0.25) is 4.90 Å². The number of rotatable bonds is 5. The van der Waals surface area contributed by atoms with Gasteiger partial charge in [0, 0.05) is 42.1 Å². The summed E-state index contributed by atoms with van der Waals surface area (Å²) in [5, 5.41) is 22.7. The van der Waals surface area contributed by atoms with Crippen LogP contribution in [-0.4, -0.2) is 43.8 Å². The van der Waals surface area contributed by atoms with Gasteiger partial charge in [0.25, 0.3) is 0 Å². The number of aromatic nitrogens is 3. The van der Waals surface area contributed by atoms with E-state index in [1.54, 1.807) is 12.3 Å². The lowest BCUT2D eigenvalue weighted by molar-refractivity contribution is -0.137. The predicted molar refractivity (Wildman–Crippen MR) is 112 cm³/mol. The fourth-order valence-corrected chi connectivity index (χ4v) is 4.92. The first-order valence-corrected chi connectivity index (χ1v) is 10.5. The highest BCUT2D eigenvalue weighted by Gasteiger charge is 2.47. The topological polar surface area (TPSA) is 74.2 Å². The standard InChI is InChI=1S/C23H22F3N5O/c24-23(25,26)15-7-8-21(27-12-15)29-19-10-14-11-20(19)31(13-14)22(32)17-5-2-1-4-16(17)18-6-3-9-28-30-18/h1-9,12,14,19-20,22,32H,10-11,13H2,(H,27,29). The Bertz CT molecular complexity index is 1080. The molecule has 0 radical (unpaired) electrons. The number of likely N-dealkylation sites (tertiary alicyclic amines) is 1. The Kier molecular flexibility index (Phi) is 5.30. The van der Waals surface area contributed by atoms with Crippen LogP contribution in [0.3, 0.4) is 0 Å². The van der Waals surface area contributed by atoms with Gasteiger partial charge < -0.3 is 10.4 Å². The molecule has 9 heteroatoms. The zero-order chi connectivity index (χ0) is 22.3. The second kappa shape index (κ2) is 8.14. The summed E-state index contributed by atoms with van der Waals surface area (Å²) in [6.45, 7) is 0.763. The van der Waals surface area contributed by atoms with Crippen LogP contribution in [0.15, 0.2) is 60.9 Å². The summed E-state index contributed by atoms with van der Waals surface area (Å²) in [7, 11) is 0. The Labute approximate surface area is 183 Å². The van der Waals surface area contributed by atoms with Gasteiger partial charge in [0.2, 0.25) is 0 Å². The van der Waals surface area contributed by atoms with Crippen molar-refractivity contribution in [1.29, 1.82) is 0 Å². The lowest BCUT2D eigenvalue weighted by atomic mass is 9.99. The molecule has 3 aromatic rings. The van der Waals surface area contributed by atoms with E-state index in [1.165, 1.54) is 6.07 Å². The number of halogens is 3. The van der Waals surface area contributed by atoms with Crippen LogP contribution in [0.1, 0.15) is 30.2 Å². The second-order valence-corrected chi connectivity index (χ2v) is 8.35. The third kappa shape index (κ3) is 3.93. The summed E-state index contributed by atoms with van der Waals surface area (Å²) in [4.78, 5) is 6.01. The van der Waals surface area contributed by atoms with Gasteiger partial charge in [-0.25, -0.2) is 4.98 Å². The lowest BCUT2D eigenvalue weighted by Gasteiger charge is -2.37. The molecule has 5 rings (SSSR count). The average Bonchev–Trinajstić information content (AvgIpc) is 3.40. The number of nitrogens with one attached hydrogen (secondary N) is 1. The van der Waals surface area contributed by atoms with Gasteiger partial charge >= 0.3 is 6.18 Å². The van der Waals surface area contributed by atoms with E-state index in [0.29, 0.717) is 17.4 Å². The molecule has 1 saturated heterocycles. The van der Waals surface area contributed by atoms with Crippen LogP contribution in [0.4, 0.5) is 19.0 Å². The zero-order valence-electron chi connectivity index (χ0n) is 17.1. The molecule has 166 valence electrons. The van der Waals surface area contributed by atoms with Crippen molar-refractivity contribution < 1.29 is 18.3 Å². The zero-order valence-corrected chi connectivity index (χ0v) is 17.1. The highest BCUT2D eigenvalue weighted by atomic mass is 19.4. The van der Waals surface area contributed by atoms with Crippen LogP contribution in [0.25, 0.3) is 11.3 Å². The number of piperidine rings is 1. The molecule has 2 aliphatic rings. The van der Waals surface area contributed by atoms with Crippen molar-refractivity contribution in [2.24, 2.45) is 5.92 Å².